The lowest BCUT2D eigenvalue weighted by molar-refractivity contribution is 0.426. The van der Waals surface area contributed by atoms with E-state index in [1.807, 2.05) is 12.1 Å². The van der Waals surface area contributed by atoms with Gasteiger partial charge in [-0.1, -0.05) is 11.6 Å². The summed E-state index contributed by atoms with van der Waals surface area (Å²) in [4.78, 5) is 0. The molecule has 1 aliphatic heterocycles. The van der Waals surface area contributed by atoms with Crippen molar-refractivity contribution in [1.29, 1.82) is 0 Å². The summed E-state index contributed by atoms with van der Waals surface area (Å²) in [6.45, 7) is 0.422. The maximum absolute atomic E-state index is 11.5. The van der Waals surface area contributed by atoms with Crippen molar-refractivity contribution in [3.05, 3.63) is 29.3 Å². The smallest absolute Gasteiger partial charge is 0.150 e. The molecule has 1 aliphatic rings. The summed E-state index contributed by atoms with van der Waals surface area (Å²) in [5, 5.41) is 4.04. The topological polar surface area (TPSA) is 72.2 Å². The van der Waals surface area contributed by atoms with E-state index >= 15 is 0 Å². The normalized spacial score (nSPS) is 21.4. The molecule has 1 aromatic carbocycles. The molecule has 1 heterocycles. The van der Waals surface area contributed by atoms with Crippen molar-refractivity contribution in [2.24, 2.45) is 5.73 Å². The Morgan fingerprint density at radius 1 is 1.22 bits per heavy atom. The van der Waals surface area contributed by atoms with Crippen LogP contribution in [0.5, 0.6) is 0 Å². The van der Waals surface area contributed by atoms with Gasteiger partial charge in [-0.25, -0.2) is 8.42 Å². The van der Waals surface area contributed by atoms with Gasteiger partial charge < -0.3 is 11.1 Å². The predicted molar refractivity (Wildman–Crippen MR) is 74.7 cm³/mol. The Bertz CT molecular complexity index is 499. The SMILES string of the molecule is NCC1(Nc2ccc(Cl)cc2)CCS(=O)(=O)CC1. The van der Waals surface area contributed by atoms with Crippen molar-refractivity contribution in [2.75, 3.05) is 23.4 Å². The second kappa shape index (κ2) is 5.07. The van der Waals surface area contributed by atoms with E-state index in [0.29, 0.717) is 24.4 Å². The summed E-state index contributed by atoms with van der Waals surface area (Å²) in [6, 6.07) is 7.35. The molecule has 1 saturated heterocycles. The standard InChI is InChI=1S/C12H17ClN2O2S/c13-10-1-3-11(4-2-10)15-12(9-14)5-7-18(16,17)8-6-12/h1-4,15H,5-9,14H2. The number of nitrogens with one attached hydrogen (secondary N) is 1. The molecule has 0 saturated carbocycles. The fourth-order valence-corrected chi connectivity index (χ4v) is 3.88. The Kier molecular flexibility index (Phi) is 3.84. The average molecular weight is 289 g/mol. The summed E-state index contributed by atoms with van der Waals surface area (Å²) >= 11 is 5.83. The molecule has 1 aromatic rings. The number of benzene rings is 1. The van der Waals surface area contributed by atoms with Gasteiger partial charge in [0, 0.05) is 17.3 Å². The third-order valence-electron chi connectivity index (χ3n) is 3.43. The fraction of sp³-hybridized carbons (Fsp3) is 0.500. The van der Waals surface area contributed by atoms with Crippen molar-refractivity contribution in [3.63, 3.8) is 0 Å². The van der Waals surface area contributed by atoms with Crippen LogP contribution in [0.4, 0.5) is 5.69 Å². The van der Waals surface area contributed by atoms with Crippen LogP contribution in [0.15, 0.2) is 24.3 Å². The summed E-state index contributed by atoms with van der Waals surface area (Å²) in [5.74, 6) is 0.398. The van der Waals surface area contributed by atoms with Crippen molar-refractivity contribution in [2.45, 2.75) is 18.4 Å². The van der Waals surface area contributed by atoms with Gasteiger partial charge in [0.15, 0.2) is 9.84 Å². The van der Waals surface area contributed by atoms with Crippen LogP contribution < -0.4 is 11.1 Å². The van der Waals surface area contributed by atoms with Gasteiger partial charge in [0.1, 0.15) is 0 Å². The highest BCUT2D eigenvalue weighted by molar-refractivity contribution is 7.91. The highest BCUT2D eigenvalue weighted by atomic mass is 35.5. The van der Waals surface area contributed by atoms with Gasteiger partial charge in [-0.05, 0) is 37.1 Å². The van der Waals surface area contributed by atoms with Crippen molar-refractivity contribution in [1.82, 2.24) is 0 Å². The van der Waals surface area contributed by atoms with Gasteiger partial charge >= 0.3 is 0 Å². The third-order valence-corrected chi connectivity index (χ3v) is 5.33. The van der Waals surface area contributed by atoms with Gasteiger partial charge in [-0.3, -0.25) is 0 Å². The number of nitrogens with two attached hydrogens (primary N) is 1. The molecule has 0 bridgehead atoms. The van der Waals surface area contributed by atoms with E-state index in [-0.39, 0.29) is 17.0 Å². The Morgan fingerprint density at radius 3 is 2.28 bits per heavy atom. The van der Waals surface area contributed by atoms with Gasteiger partial charge in [0.05, 0.1) is 17.0 Å². The molecule has 0 amide bonds. The first kappa shape index (κ1) is 13.6. The molecule has 2 rings (SSSR count). The zero-order valence-electron chi connectivity index (χ0n) is 10.0. The first-order valence-electron chi connectivity index (χ1n) is 5.89. The number of halogens is 1. The summed E-state index contributed by atoms with van der Waals surface area (Å²) in [5.41, 5.74) is 6.42. The molecule has 6 heteroatoms. The van der Waals surface area contributed by atoms with E-state index in [2.05, 4.69) is 5.32 Å². The molecule has 1 fully saturated rings. The van der Waals surface area contributed by atoms with E-state index in [4.69, 9.17) is 17.3 Å². The van der Waals surface area contributed by atoms with Gasteiger partial charge in [0.2, 0.25) is 0 Å². The maximum Gasteiger partial charge on any atom is 0.150 e. The summed E-state index contributed by atoms with van der Waals surface area (Å²) in [6.07, 6.45) is 1.10. The Balaban J connectivity index is 2.12. The van der Waals surface area contributed by atoms with Crippen LogP contribution >= 0.6 is 11.6 Å². The van der Waals surface area contributed by atoms with Crippen LogP contribution in [0.2, 0.25) is 5.02 Å². The van der Waals surface area contributed by atoms with Crippen LogP contribution in [0.25, 0.3) is 0 Å². The van der Waals surface area contributed by atoms with Crippen LogP contribution in [-0.4, -0.2) is 32.0 Å². The van der Waals surface area contributed by atoms with Crippen LogP contribution in [0.1, 0.15) is 12.8 Å². The predicted octanol–water partition coefficient (Wildman–Crippen LogP) is 1.66. The molecular weight excluding hydrogens is 272 g/mol. The number of hydrogen-bond acceptors (Lipinski definition) is 4. The molecule has 100 valence electrons. The lowest BCUT2D eigenvalue weighted by Crippen LogP contribution is -2.51. The number of hydrogen-bond donors (Lipinski definition) is 2. The van der Waals surface area contributed by atoms with Crippen LogP contribution in [0, 0.1) is 0 Å². The molecule has 0 atom stereocenters. The first-order chi connectivity index (χ1) is 8.45. The Hall–Kier alpha value is -0.780. The average Bonchev–Trinajstić information content (AvgIpc) is 2.35. The van der Waals surface area contributed by atoms with Gasteiger partial charge in [0.25, 0.3) is 0 Å². The van der Waals surface area contributed by atoms with E-state index in [9.17, 15) is 8.42 Å². The highest BCUT2D eigenvalue weighted by Gasteiger charge is 2.36. The first-order valence-corrected chi connectivity index (χ1v) is 8.09. The second-order valence-corrected chi connectivity index (χ2v) is 7.51. The minimum absolute atomic E-state index is 0.199. The quantitative estimate of drug-likeness (QED) is 0.887. The van der Waals surface area contributed by atoms with Crippen molar-refractivity contribution < 1.29 is 8.42 Å². The number of anilines is 1. The molecule has 0 aliphatic carbocycles. The van der Waals surface area contributed by atoms with Crippen molar-refractivity contribution >= 4 is 27.1 Å². The van der Waals surface area contributed by atoms with E-state index in [0.717, 1.165) is 5.69 Å². The molecule has 3 N–H and O–H groups in total. The Labute approximate surface area is 112 Å². The van der Waals surface area contributed by atoms with Gasteiger partial charge in [-0.2, -0.15) is 0 Å². The maximum atomic E-state index is 11.5. The summed E-state index contributed by atoms with van der Waals surface area (Å²) in [7, 11) is -2.88. The number of sulfone groups is 1. The van der Waals surface area contributed by atoms with E-state index in [1.165, 1.54) is 0 Å². The highest BCUT2D eigenvalue weighted by Crippen LogP contribution is 2.27. The minimum atomic E-state index is -2.88. The molecule has 0 unspecified atom stereocenters. The van der Waals surface area contributed by atoms with E-state index in [1.54, 1.807) is 12.1 Å². The largest absolute Gasteiger partial charge is 0.378 e. The van der Waals surface area contributed by atoms with Crippen LogP contribution in [0.3, 0.4) is 0 Å². The molecule has 0 aromatic heterocycles. The molecule has 18 heavy (non-hydrogen) atoms. The zero-order chi connectivity index (χ0) is 13.2. The lowest BCUT2D eigenvalue weighted by Gasteiger charge is -2.37. The third kappa shape index (κ3) is 3.16. The molecular formula is C12H17ClN2O2S. The second-order valence-electron chi connectivity index (χ2n) is 4.77. The lowest BCUT2D eigenvalue weighted by atomic mass is 9.92. The Morgan fingerprint density at radius 2 is 1.78 bits per heavy atom. The molecule has 4 nitrogen and oxygen atoms in total. The van der Waals surface area contributed by atoms with Crippen LogP contribution in [-0.2, 0) is 9.84 Å². The van der Waals surface area contributed by atoms with E-state index < -0.39 is 9.84 Å². The van der Waals surface area contributed by atoms with Gasteiger partial charge in [-0.15, -0.1) is 0 Å². The number of rotatable bonds is 3. The monoisotopic (exact) mass is 288 g/mol. The zero-order valence-corrected chi connectivity index (χ0v) is 11.6. The molecule has 0 spiro atoms. The fourth-order valence-electron chi connectivity index (χ4n) is 2.15. The summed E-state index contributed by atoms with van der Waals surface area (Å²) < 4.78 is 22.9. The van der Waals surface area contributed by atoms with Crippen molar-refractivity contribution in [3.8, 4) is 0 Å². The minimum Gasteiger partial charge on any atom is -0.378 e. The molecule has 0 radical (unpaired) electrons.